The van der Waals surface area contributed by atoms with Gasteiger partial charge in [0, 0.05) is 42.1 Å². The number of pyridine rings is 2. The van der Waals surface area contributed by atoms with Gasteiger partial charge in [0.15, 0.2) is 12.7 Å². The van der Waals surface area contributed by atoms with Gasteiger partial charge in [-0.2, -0.15) is 0 Å². The third kappa shape index (κ3) is 6.42. The van der Waals surface area contributed by atoms with Crippen LogP contribution in [0.25, 0.3) is 0 Å². The van der Waals surface area contributed by atoms with E-state index in [1.807, 2.05) is 42.5 Å². The molecule has 1 N–H and O–H groups in total. The topological polar surface area (TPSA) is 93.9 Å². The molecular formula is C22H21N3O4. The molecule has 0 spiro atoms. The molecule has 7 heteroatoms. The molecule has 1 aromatic carbocycles. The summed E-state index contributed by atoms with van der Waals surface area (Å²) in [5.74, 6) is -0.470. The summed E-state index contributed by atoms with van der Waals surface area (Å²) in [4.78, 5) is 24.6. The second-order valence-corrected chi connectivity index (χ2v) is 6.21. The van der Waals surface area contributed by atoms with Crippen molar-refractivity contribution in [2.24, 2.45) is 5.16 Å². The smallest absolute Gasteiger partial charge is 0.341 e. The van der Waals surface area contributed by atoms with Crippen molar-refractivity contribution in [3.8, 4) is 5.75 Å². The van der Waals surface area contributed by atoms with E-state index in [0.717, 1.165) is 23.1 Å². The van der Waals surface area contributed by atoms with Crippen LogP contribution in [0.2, 0.25) is 0 Å². The van der Waals surface area contributed by atoms with E-state index in [4.69, 9.17) is 14.7 Å². The number of aryl methyl sites for hydroxylation is 1. The largest absolute Gasteiger partial charge is 0.482 e. The van der Waals surface area contributed by atoms with E-state index in [1.54, 1.807) is 37.1 Å². The highest BCUT2D eigenvalue weighted by atomic mass is 16.6. The molecule has 0 saturated carbocycles. The van der Waals surface area contributed by atoms with Gasteiger partial charge < -0.3 is 14.7 Å². The van der Waals surface area contributed by atoms with Gasteiger partial charge in [-0.3, -0.25) is 9.97 Å². The number of oxime groups is 1. The third-order valence-corrected chi connectivity index (χ3v) is 4.04. The lowest BCUT2D eigenvalue weighted by Crippen LogP contribution is -2.09. The molecule has 0 unspecified atom stereocenters. The maximum absolute atomic E-state index is 10.6. The normalized spacial score (nSPS) is 10.9. The van der Waals surface area contributed by atoms with Gasteiger partial charge in [0.05, 0.1) is 0 Å². The first-order valence-corrected chi connectivity index (χ1v) is 9.13. The molecule has 2 heterocycles. The zero-order valence-corrected chi connectivity index (χ0v) is 15.7. The maximum Gasteiger partial charge on any atom is 0.341 e. The van der Waals surface area contributed by atoms with Crippen molar-refractivity contribution in [2.75, 3.05) is 6.61 Å². The number of rotatable bonds is 10. The molecule has 2 aromatic heterocycles. The van der Waals surface area contributed by atoms with E-state index in [2.05, 4.69) is 15.1 Å². The molecular weight excluding hydrogens is 370 g/mol. The highest BCUT2D eigenvalue weighted by Crippen LogP contribution is 2.24. The van der Waals surface area contributed by atoms with Gasteiger partial charge in [-0.15, -0.1) is 0 Å². The lowest BCUT2D eigenvalue weighted by molar-refractivity contribution is -0.139. The highest BCUT2D eigenvalue weighted by Gasteiger charge is 2.15. The Bertz CT molecular complexity index is 894. The highest BCUT2D eigenvalue weighted by molar-refractivity contribution is 5.68. The fourth-order valence-corrected chi connectivity index (χ4v) is 2.70. The van der Waals surface area contributed by atoms with Crippen LogP contribution in [0.3, 0.4) is 0 Å². The van der Waals surface area contributed by atoms with Crippen molar-refractivity contribution in [2.45, 2.75) is 18.9 Å². The molecule has 0 fully saturated rings. The van der Waals surface area contributed by atoms with Gasteiger partial charge >= 0.3 is 5.97 Å². The van der Waals surface area contributed by atoms with Gasteiger partial charge in [0.1, 0.15) is 5.75 Å². The number of hydrogen-bond acceptors (Lipinski definition) is 6. The van der Waals surface area contributed by atoms with Crippen molar-refractivity contribution in [3.63, 3.8) is 0 Å². The van der Waals surface area contributed by atoms with E-state index in [-0.39, 0.29) is 12.7 Å². The average molecular weight is 391 g/mol. The predicted molar refractivity (Wildman–Crippen MR) is 108 cm³/mol. The number of aromatic nitrogens is 2. The van der Waals surface area contributed by atoms with Crippen LogP contribution in [-0.2, 0) is 16.1 Å². The lowest BCUT2D eigenvalue weighted by atomic mass is 10.1. The molecule has 0 aliphatic carbocycles. The van der Waals surface area contributed by atoms with Crippen molar-refractivity contribution in [3.05, 3.63) is 90.0 Å². The van der Waals surface area contributed by atoms with E-state index in [9.17, 15) is 4.79 Å². The van der Waals surface area contributed by atoms with Crippen molar-refractivity contribution >= 4 is 12.2 Å². The molecule has 29 heavy (non-hydrogen) atoms. The van der Waals surface area contributed by atoms with Gasteiger partial charge in [0.2, 0.25) is 0 Å². The van der Waals surface area contributed by atoms with Crippen LogP contribution in [0.15, 0.2) is 78.5 Å². The first-order chi connectivity index (χ1) is 14.2. The summed E-state index contributed by atoms with van der Waals surface area (Å²) in [6.45, 7) is -0.358. The number of carbonyl (C=O) groups is 1. The Balaban J connectivity index is 1.57. The number of aliphatic carboxylic acids is 1. The van der Waals surface area contributed by atoms with Crippen LogP contribution in [0.4, 0.5) is 0 Å². The Labute approximate surface area is 168 Å². The predicted octanol–water partition coefficient (Wildman–Crippen LogP) is 3.66. The standard InChI is InChI=1S/C22H21N3O4/c26-21(27)16-28-20-9-1-5-17(13-20)6-2-12-25-29-22(18-7-3-10-23-14-18)19-8-4-11-24-15-19/h1,3-5,7-15,22H,2,6,16H2,(H,26,27). The van der Waals surface area contributed by atoms with Crippen LogP contribution >= 0.6 is 0 Å². The zero-order chi connectivity index (χ0) is 20.3. The fourth-order valence-electron chi connectivity index (χ4n) is 2.70. The lowest BCUT2D eigenvalue weighted by Gasteiger charge is -2.14. The number of carboxylic acid groups (broad SMARTS) is 1. The van der Waals surface area contributed by atoms with Gasteiger partial charge in [-0.05, 0) is 42.7 Å². The minimum atomic E-state index is -1.00. The molecule has 0 bridgehead atoms. The molecule has 0 atom stereocenters. The number of hydrogen-bond donors (Lipinski definition) is 1. The van der Waals surface area contributed by atoms with Crippen LogP contribution in [0, 0.1) is 0 Å². The molecule has 0 aliphatic heterocycles. The molecule has 3 rings (SSSR count). The summed E-state index contributed by atoms with van der Waals surface area (Å²) in [7, 11) is 0. The summed E-state index contributed by atoms with van der Waals surface area (Å²) < 4.78 is 5.20. The molecule has 0 aliphatic rings. The van der Waals surface area contributed by atoms with E-state index in [0.29, 0.717) is 12.2 Å². The Morgan fingerprint density at radius 2 is 1.79 bits per heavy atom. The quantitative estimate of drug-likeness (QED) is 0.419. The van der Waals surface area contributed by atoms with Crippen LogP contribution in [0.1, 0.15) is 29.2 Å². The Kier molecular flexibility index (Phi) is 7.28. The second kappa shape index (κ2) is 10.6. The number of nitrogens with zero attached hydrogens (tertiary/aromatic N) is 3. The van der Waals surface area contributed by atoms with Crippen LogP contribution in [-0.4, -0.2) is 33.9 Å². The summed E-state index contributed by atoms with van der Waals surface area (Å²) in [5.41, 5.74) is 2.80. The molecule has 7 nitrogen and oxygen atoms in total. The van der Waals surface area contributed by atoms with E-state index < -0.39 is 5.97 Å². The van der Waals surface area contributed by atoms with Crippen molar-refractivity contribution in [1.82, 2.24) is 9.97 Å². The molecule has 148 valence electrons. The summed E-state index contributed by atoms with van der Waals surface area (Å²) in [6, 6.07) is 14.9. The zero-order valence-electron chi connectivity index (χ0n) is 15.7. The second-order valence-electron chi connectivity index (χ2n) is 6.21. The average Bonchev–Trinajstić information content (AvgIpc) is 2.76. The summed E-state index contributed by atoms with van der Waals surface area (Å²) in [6.07, 6.45) is 9.62. The van der Waals surface area contributed by atoms with E-state index >= 15 is 0 Å². The first-order valence-electron chi connectivity index (χ1n) is 9.13. The minimum absolute atomic E-state index is 0.358. The van der Waals surface area contributed by atoms with Gasteiger partial charge in [-0.25, -0.2) is 4.79 Å². The monoisotopic (exact) mass is 391 g/mol. The Morgan fingerprint density at radius 1 is 1.07 bits per heavy atom. The van der Waals surface area contributed by atoms with Crippen molar-refractivity contribution in [1.29, 1.82) is 0 Å². The third-order valence-electron chi connectivity index (χ3n) is 4.04. The first kappa shape index (κ1) is 20.0. The summed E-state index contributed by atoms with van der Waals surface area (Å²) in [5, 5.41) is 12.8. The minimum Gasteiger partial charge on any atom is -0.482 e. The number of ether oxygens (including phenoxy) is 1. The van der Waals surface area contributed by atoms with Crippen molar-refractivity contribution < 1.29 is 19.5 Å². The molecule has 0 radical (unpaired) electrons. The Hall–Kier alpha value is -3.74. The van der Waals surface area contributed by atoms with Crippen LogP contribution < -0.4 is 4.74 Å². The molecule has 0 amide bonds. The Morgan fingerprint density at radius 3 is 2.41 bits per heavy atom. The van der Waals surface area contributed by atoms with Crippen LogP contribution in [0.5, 0.6) is 5.75 Å². The van der Waals surface area contributed by atoms with Gasteiger partial charge in [-0.1, -0.05) is 29.4 Å². The SMILES string of the molecule is O=C(O)COc1cccc(CCC=NOC(c2cccnc2)c2cccnc2)c1. The van der Waals surface area contributed by atoms with Gasteiger partial charge in [0.25, 0.3) is 0 Å². The fraction of sp³-hybridized carbons (Fsp3) is 0.182. The summed E-state index contributed by atoms with van der Waals surface area (Å²) >= 11 is 0. The number of benzene rings is 1. The maximum atomic E-state index is 10.6. The number of carboxylic acids is 1. The van der Waals surface area contributed by atoms with E-state index in [1.165, 1.54) is 0 Å². The molecule has 3 aromatic rings. The molecule has 0 saturated heterocycles.